The van der Waals surface area contributed by atoms with Gasteiger partial charge < -0.3 is 5.32 Å². The standard InChI is InChI=1S/C14H25NS2/c1-3-12-14(17-10-9-16-12)13(15-2)11-7-5-4-6-8-11/h7,12-15H,3-6,8-10H2,1-2H3. The number of likely N-dealkylation sites (N-methyl/N-ethyl adjacent to an activating group) is 1. The molecule has 17 heavy (non-hydrogen) atoms. The first-order valence-electron chi connectivity index (χ1n) is 6.96. The lowest BCUT2D eigenvalue weighted by atomic mass is 9.91. The van der Waals surface area contributed by atoms with Crippen LogP contribution in [0.2, 0.25) is 0 Å². The highest BCUT2D eigenvalue weighted by Crippen LogP contribution is 2.38. The van der Waals surface area contributed by atoms with Crippen LogP contribution >= 0.6 is 23.5 Å². The molecular formula is C14H25NS2. The maximum absolute atomic E-state index is 3.60. The quantitative estimate of drug-likeness (QED) is 0.783. The van der Waals surface area contributed by atoms with Crippen LogP contribution in [0, 0.1) is 0 Å². The average molecular weight is 271 g/mol. The van der Waals surface area contributed by atoms with Crippen molar-refractivity contribution in [2.24, 2.45) is 0 Å². The minimum atomic E-state index is 0.623. The van der Waals surface area contributed by atoms with Crippen molar-refractivity contribution in [2.75, 3.05) is 18.6 Å². The largest absolute Gasteiger partial charge is 0.312 e. The SMILES string of the molecule is CCC1SCCSC1C(NC)C1=CCCCC1. The van der Waals surface area contributed by atoms with Crippen LogP contribution in [0.1, 0.15) is 39.0 Å². The molecule has 0 aromatic rings. The van der Waals surface area contributed by atoms with Gasteiger partial charge in [0.05, 0.1) is 0 Å². The molecule has 2 rings (SSSR count). The van der Waals surface area contributed by atoms with Gasteiger partial charge in [0, 0.05) is 28.0 Å². The fourth-order valence-electron chi connectivity index (χ4n) is 2.95. The third-order valence-electron chi connectivity index (χ3n) is 3.86. The molecule has 3 atom stereocenters. The van der Waals surface area contributed by atoms with E-state index in [4.69, 9.17) is 0 Å². The molecule has 1 saturated heterocycles. The first-order chi connectivity index (χ1) is 8.36. The summed E-state index contributed by atoms with van der Waals surface area (Å²) in [5.74, 6) is 2.67. The van der Waals surface area contributed by atoms with E-state index in [1.54, 1.807) is 5.57 Å². The van der Waals surface area contributed by atoms with E-state index in [-0.39, 0.29) is 0 Å². The number of nitrogens with one attached hydrogen (secondary N) is 1. The van der Waals surface area contributed by atoms with Gasteiger partial charge in [-0.3, -0.25) is 0 Å². The van der Waals surface area contributed by atoms with Crippen LogP contribution in [0.25, 0.3) is 0 Å². The summed E-state index contributed by atoms with van der Waals surface area (Å²) < 4.78 is 0. The highest BCUT2D eigenvalue weighted by atomic mass is 32.2. The highest BCUT2D eigenvalue weighted by molar-refractivity contribution is 8.07. The Kier molecular flexibility index (Phi) is 5.78. The van der Waals surface area contributed by atoms with Crippen molar-refractivity contribution in [3.8, 4) is 0 Å². The molecule has 0 amide bonds. The Labute approximate surface area is 115 Å². The molecule has 1 nitrogen and oxygen atoms in total. The van der Waals surface area contributed by atoms with Crippen molar-refractivity contribution in [3.05, 3.63) is 11.6 Å². The van der Waals surface area contributed by atoms with Gasteiger partial charge in [0.1, 0.15) is 0 Å². The van der Waals surface area contributed by atoms with Crippen LogP contribution in [0.15, 0.2) is 11.6 Å². The van der Waals surface area contributed by atoms with Crippen LogP contribution in [0.5, 0.6) is 0 Å². The van der Waals surface area contributed by atoms with Crippen molar-refractivity contribution >= 4 is 23.5 Å². The van der Waals surface area contributed by atoms with Gasteiger partial charge in [-0.1, -0.05) is 18.6 Å². The molecule has 0 aromatic carbocycles. The monoisotopic (exact) mass is 271 g/mol. The fourth-order valence-corrected chi connectivity index (χ4v) is 6.26. The zero-order valence-corrected chi connectivity index (χ0v) is 12.7. The molecule has 1 aliphatic carbocycles. The zero-order valence-electron chi connectivity index (χ0n) is 11.1. The van der Waals surface area contributed by atoms with E-state index in [0.717, 1.165) is 10.5 Å². The van der Waals surface area contributed by atoms with Crippen LogP contribution in [-0.4, -0.2) is 35.1 Å². The summed E-state index contributed by atoms with van der Waals surface area (Å²) in [5, 5.41) is 5.23. The summed E-state index contributed by atoms with van der Waals surface area (Å²) in [6.45, 7) is 2.35. The molecular weight excluding hydrogens is 246 g/mol. The van der Waals surface area contributed by atoms with E-state index >= 15 is 0 Å². The smallest absolute Gasteiger partial charge is 0.0408 e. The van der Waals surface area contributed by atoms with Crippen molar-refractivity contribution < 1.29 is 0 Å². The summed E-state index contributed by atoms with van der Waals surface area (Å²) in [6.07, 6.45) is 9.23. The topological polar surface area (TPSA) is 12.0 Å². The van der Waals surface area contributed by atoms with E-state index in [2.05, 4.69) is 48.9 Å². The van der Waals surface area contributed by atoms with Gasteiger partial charge in [0.2, 0.25) is 0 Å². The summed E-state index contributed by atoms with van der Waals surface area (Å²) in [7, 11) is 2.15. The Bertz CT molecular complexity index is 265. The number of hydrogen-bond acceptors (Lipinski definition) is 3. The molecule has 0 bridgehead atoms. The van der Waals surface area contributed by atoms with Gasteiger partial charge in [-0.2, -0.15) is 23.5 Å². The van der Waals surface area contributed by atoms with E-state index in [1.807, 2.05) is 0 Å². The number of thioether (sulfide) groups is 2. The molecule has 2 aliphatic rings. The van der Waals surface area contributed by atoms with E-state index < -0.39 is 0 Å². The van der Waals surface area contributed by atoms with E-state index in [1.165, 1.54) is 43.6 Å². The van der Waals surface area contributed by atoms with Gasteiger partial charge in [0.25, 0.3) is 0 Å². The molecule has 0 aromatic heterocycles. The van der Waals surface area contributed by atoms with Crippen molar-refractivity contribution in [3.63, 3.8) is 0 Å². The van der Waals surface area contributed by atoms with Gasteiger partial charge in [0.15, 0.2) is 0 Å². The molecule has 0 saturated carbocycles. The number of allylic oxidation sites excluding steroid dienone is 1. The minimum Gasteiger partial charge on any atom is -0.312 e. The Balaban J connectivity index is 2.07. The van der Waals surface area contributed by atoms with Gasteiger partial charge in [-0.05, 0) is 39.2 Å². The van der Waals surface area contributed by atoms with Crippen LogP contribution < -0.4 is 5.32 Å². The Morgan fingerprint density at radius 1 is 1.35 bits per heavy atom. The van der Waals surface area contributed by atoms with Crippen LogP contribution in [-0.2, 0) is 0 Å². The predicted molar refractivity (Wildman–Crippen MR) is 82.2 cm³/mol. The normalized spacial score (nSPS) is 32.0. The van der Waals surface area contributed by atoms with E-state index in [0.29, 0.717) is 6.04 Å². The highest BCUT2D eigenvalue weighted by Gasteiger charge is 2.33. The fraction of sp³-hybridized carbons (Fsp3) is 0.857. The molecule has 0 spiro atoms. The Morgan fingerprint density at radius 3 is 2.82 bits per heavy atom. The first-order valence-corrected chi connectivity index (χ1v) is 9.06. The van der Waals surface area contributed by atoms with Crippen LogP contribution in [0.4, 0.5) is 0 Å². The molecule has 1 fully saturated rings. The van der Waals surface area contributed by atoms with Crippen LogP contribution in [0.3, 0.4) is 0 Å². The molecule has 1 heterocycles. The second kappa shape index (κ2) is 7.10. The molecule has 1 N–H and O–H groups in total. The van der Waals surface area contributed by atoms with Gasteiger partial charge in [-0.25, -0.2) is 0 Å². The lowest BCUT2D eigenvalue weighted by Crippen LogP contribution is -2.45. The molecule has 3 heteroatoms. The molecule has 0 radical (unpaired) electrons. The molecule has 98 valence electrons. The lowest BCUT2D eigenvalue weighted by Gasteiger charge is -2.37. The number of hydrogen-bond donors (Lipinski definition) is 1. The molecule has 3 unspecified atom stereocenters. The second-order valence-electron chi connectivity index (χ2n) is 4.94. The van der Waals surface area contributed by atoms with Crippen molar-refractivity contribution in [1.29, 1.82) is 0 Å². The van der Waals surface area contributed by atoms with Crippen molar-refractivity contribution in [2.45, 2.75) is 55.6 Å². The third-order valence-corrected chi connectivity index (χ3v) is 7.21. The Hall–Kier alpha value is 0.400. The summed E-state index contributed by atoms with van der Waals surface area (Å²) in [4.78, 5) is 0. The number of rotatable bonds is 4. The maximum atomic E-state index is 3.60. The predicted octanol–water partition coefficient (Wildman–Crippen LogP) is 3.70. The lowest BCUT2D eigenvalue weighted by molar-refractivity contribution is 0.537. The first kappa shape index (κ1) is 13.8. The van der Waals surface area contributed by atoms with E-state index in [9.17, 15) is 0 Å². The van der Waals surface area contributed by atoms with Gasteiger partial charge >= 0.3 is 0 Å². The second-order valence-corrected chi connectivity index (χ2v) is 7.58. The summed E-state index contributed by atoms with van der Waals surface area (Å²) in [5.41, 5.74) is 1.69. The van der Waals surface area contributed by atoms with Crippen molar-refractivity contribution in [1.82, 2.24) is 5.32 Å². The maximum Gasteiger partial charge on any atom is 0.0408 e. The zero-order chi connectivity index (χ0) is 12.1. The Morgan fingerprint density at radius 2 is 2.18 bits per heavy atom. The average Bonchev–Trinajstić information content (AvgIpc) is 2.41. The molecule has 1 aliphatic heterocycles. The van der Waals surface area contributed by atoms with Gasteiger partial charge in [-0.15, -0.1) is 0 Å². The minimum absolute atomic E-state index is 0.623. The third kappa shape index (κ3) is 3.45. The summed E-state index contributed by atoms with van der Waals surface area (Å²) >= 11 is 4.39. The summed E-state index contributed by atoms with van der Waals surface area (Å²) in [6, 6.07) is 0.623.